The van der Waals surface area contributed by atoms with Crippen LogP contribution in [0.1, 0.15) is 11.3 Å². The van der Waals surface area contributed by atoms with E-state index in [0.29, 0.717) is 10.7 Å². The summed E-state index contributed by atoms with van der Waals surface area (Å²) in [7, 11) is 0. The first-order valence-electron chi connectivity index (χ1n) is 8.27. The van der Waals surface area contributed by atoms with Crippen molar-refractivity contribution in [2.75, 3.05) is 5.32 Å². The Hall–Kier alpha value is -2.70. The predicted molar refractivity (Wildman–Crippen MR) is 107 cm³/mol. The van der Waals surface area contributed by atoms with E-state index in [1.54, 1.807) is 18.2 Å². The molecule has 0 aliphatic carbocycles. The van der Waals surface area contributed by atoms with Gasteiger partial charge >= 0.3 is 0 Å². The molecule has 4 rings (SSSR count). The highest BCUT2D eigenvalue weighted by Crippen LogP contribution is 2.25. The minimum absolute atomic E-state index is 0.133. The average Bonchev–Trinajstić information content (AvgIpc) is 3.21. The van der Waals surface area contributed by atoms with Crippen molar-refractivity contribution >= 4 is 39.5 Å². The van der Waals surface area contributed by atoms with Gasteiger partial charge in [-0.05, 0) is 48.9 Å². The van der Waals surface area contributed by atoms with E-state index in [0.717, 1.165) is 27.5 Å². The molecule has 2 aromatic heterocycles. The Morgan fingerprint density at radius 1 is 1.26 bits per heavy atom. The fraction of sp³-hybridized carbons (Fsp3) is 0.100. The van der Waals surface area contributed by atoms with Crippen LogP contribution in [0, 0.1) is 12.7 Å². The molecule has 0 aliphatic heterocycles. The highest BCUT2D eigenvalue weighted by molar-refractivity contribution is 7.15. The number of nitrogens with zero attached hydrogens (tertiary/aromatic N) is 2. The van der Waals surface area contributed by atoms with E-state index in [4.69, 9.17) is 11.6 Å². The van der Waals surface area contributed by atoms with Gasteiger partial charge in [0.2, 0.25) is 5.91 Å². The van der Waals surface area contributed by atoms with Crippen LogP contribution in [0.2, 0.25) is 5.02 Å². The number of carbonyl (C=O) groups excluding carboxylic acids is 1. The Kier molecular flexibility index (Phi) is 4.68. The van der Waals surface area contributed by atoms with E-state index in [1.165, 1.54) is 23.5 Å². The maximum Gasteiger partial charge on any atom is 0.230 e. The molecule has 0 radical (unpaired) electrons. The van der Waals surface area contributed by atoms with Gasteiger partial charge in [0, 0.05) is 33.5 Å². The number of nitrogens with one attached hydrogen (secondary N) is 1. The topological polar surface area (TPSA) is 46.4 Å². The number of aryl methyl sites for hydroxylation is 1. The number of rotatable bonds is 4. The molecule has 136 valence electrons. The first-order valence-corrected chi connectivity index (χ1v) is 9.53. The van der Waals surface area contributed by atoms with Crippen molar-refractivity contribution in [1.29, 1.82) is 0 Å². The number of hydrogen-bond acceptors (Lipinski definition) is 3. The molecule has 0 aliphatic rings. The van der Waals surface area contributed by atoms with Crippen LogP contribution in [-0.2, 0) is 11.2 Å². The van der Waals surface area contributed by atoms with Gasteiger partial charge in [-0.2, -0.15) is 0 Å². The molecule has 0 fully saturated rings. The van der Waals surface area contributed by atoms with Gasteiger partial charge in [-0.15, -0.1) is 11.3 Å². The van der Waals surface area contributed by atoms with Gasteiger partial charge in [-0.25, -0.2) is 9.37 Å². The molecule has 2 aromatic carbocycles. The summed E-state index contributed by atoms with van der Waals surface area (Å²) in [6, 6.07) is 11.6. The Balaban J connectivity index is 1.54. The van der Waals surface area contributed by atoms with Crippen LogP contribution < -0.4 is 5.32 Å². The van der Waals surface area contributed by atoms with Gasteiger partial charge in [0.1, 0.15) is 5.82 Å². The number of hydrogen-bond donors (Lipinski definition) is 1. The highest BCUT2D eigenvalue weighted by atomic mass is 35.5. The normalized spacial score (nSPS) is 11.1. The number of amides is 1. The summed E-state index contributed by atoms with van der Waals surface area (Å²) in [5.41, 5.74) is 4.04. The van der Waals surface area contributed by atoms with Crippen molar-refractivity contribution in [2.24, 2.45) is 0 Å². The van der Waals surface area contributed by atoms with Crippen LogP contribution in [-0.4, -0.2) is 15.3 Å². The van der Waals surface area contributed by atoms with Gasteiger partial charge < -0.3 is 5.32 Å². The molecule has 0 atom stereocenters. The molecular weight excluding hydrogens is 385 g/mol. The van der Waals surface area contributed by atoms with Crippen LogP contribution in [0.15, 0.2) is 54.0 Å². The zero-order chi connectivity index (χ0) is 19.0. The first-order chi connectivity index (χ1) is 13.0. The van der Waals surface area contributed by atoms with Crippen molar-refractivity contribution in [3.8, 4) is 11.3 Å². The summed E-state index contributed by atoms with van der Waals surface area (Å²) in [4.78, 5) is 17.8. The smallest absolute Gasteiger partial charge is 0.230 e. The molecule has 27 heavy (non-hydrogen) atoms. The third-order valence-corrected chi connectivity index (χ3v) is 5.52. The van der Waals surface area contributed by atoms with Crippen molar-refractivity contribution in [3.63, 3.8) is 0 Å². The number of thiazole rings is 1. The Bertz CT molecular complexity index is 1130. The van der Waals surface area contributed by atoms with Crippen molar-refractivity contribution in [3.05, 3.63) is 76.1 Å². The summed E-state index contributed by atoms with van der Waals surface area (Å²) in [6.45, 7) is 1.91. The molecule has 1 N–H and O–H groups in total. The quantitative estimate of drug-likeness (QED) is 0.503. The number of benzene rings is 2. The molecule has 0 unspecified atom stereocenters. The molecule has 0 saturated carbocycles. The summed E-state index contributed by atoms with van der Waals surface area (Å²) < 4.78 is 15.0. The third kappa shape index (κ3) is 3.72. The molecule has 4 aromatic rings. The Labute approximate surface area is 164 Å². The van der Waals surface area contributed by atoms with E-state index in [-0.39, 0.29) is 18.1 Å². The molecule has 4 nitrogen and oxygen atoms in total. The zero-order valence-electron chi connectivity index (χ0n) is 14.4. The van der Waals surface area contributed by atoms with Crippen molar-refractivity contribution < 1.29 is 9.18 Å². The van der Waals surface area contributed by atoms with E-state index >= 15 is 0 Å². The summed E-state index contributed by atoms with van der Waals surface area (Å²) in [5, 5.41) is 5.39. The lowest BCUT2D eigenvalue weighted by Gasteiger charge is -2.06. The molecular formula is C20H15ClFN3OS. The SMILES string of the molecule is Cc1ccc(NC(=O)Cc2csc3nc(-c4ccc(F)cc4)cn23)cc1Cl. The van der Waals surface area contributed by atoms with Crippen molar-refractivity contribution in [1.82, 2.24) is 9.38 Å². The number of imidazole rings is 1. The third-order valence-electron chi connectivity index (χ3n) is 4.22. The minimum Gasteiger partial charge on any atom is -0.326 e. The molecule has 0 spiro atoms. The number of aromatic nitrogens is 2. The number of fused-ring (bicyclic) bond motifs is 1. The van der Waals surface area contributed by atoms with Gasteiger partial charge in [-0.1, -0.05) is 17.7 Å². The minimum atomic E-state index is -0.284. The molecule has 1 amide bonds. The second-order valence-electron chi connectivity index (χ2n) is 6.20. The lowest BCUT2D eigenvalue weighted by Crippen LogP contribution is -2.15. The largest absolute Gasteiger partial charge is 0.326 e. The van der Waals surface area contributed by atoms with Crippen LogP contribution >= 0.6 is 22.9 Å². The molecule has 0 bridgehead atoms. The van der Waals surface area contributed by atoms with E-state index in [9.17, 15) is 9.18 Å². The molecule has 7 heteroatoms. The average molecular weight is 400 g/mol. The fourth-order valence-electron chi connectivity index (χ4n) is 2.76. The second kappa shape index (κ2) is 7.13. The van der Waals surface area contributed by atoms with Gasteiger partial charge in [0.25, 0.3) is 0 Å². The molecule has 0 saturated heterocycles. The van der Waals surface area contributed by atoms with Crippen LogP contribution in [0.25, 0.3) is 16.2 Å². The summed E-state index contributed by atoms with van der Waals surface area (Å²) >= 11 is 7.57. The first kappa shape index (κ1) is 17.7. The number of halogens is 2. The molecule has 2 heterocycles. The van der Waals surface area contributed by atoms with Gasteiger partial charge in [0.15, 0.2) is 4.96 Å². The number of carbonyl (C=O) groups is 1. The standard InChI is InChI=1S/C20H15ClFN3OS/c1-12-2-7-15(8-17(12)21)23-19(26)9-16-11-27-20-24-18(10-25(16)20)13-3-5-14(22)6-4-13/h2-8,10-11H,9H2,1H3,(H,23,26). The lowest BCUT2D eigenvalue weighted by molar-refractivity contribution is -0.115. The Morgan fingerprint density at radius 3 is 2.78 bits per heavy atom. The number of anilines is 1. The van der Waals surface area contributed by atoms with E-state index < -0.39 is 0 Å². The zero-order valence-corrected chi connectivity index (χ0v) is 15.9. The Morgan fingerprint density at radius 2 is 2.04 bits per heavy atom. The van der Waals surface area contributed by atoms with Crippen LogP contribution in [0.5, 0.6) is 0 Å². The van der Waals surface area contributed by atoms with Gasteiger partial charge in [-0.3, -0.25) is 9.20 Å². The van der Waals surface area contributed by atoms with Gasteiger partial charge in [0.05, 0.1) is 12.1 Å². The maximum atomic E-state index is 13.1. The summed E-state index contributed by atoms with van der Waals surface area (Å²) in [6.07, 6.45) is 2.08. The summed E-state index contributed by atoms with van der Waals surface area (Å²) in [5.74, 6) is -0.417. The van der Waals surface area contributed by atoms with Crippen molar-refractivity contribution in [2.45, 2.75) is 13.3 Å². The second-order valence-corrected chi connectivity index (χ2v) is 7.45. The van der Waals surface area contributed by atoms with Crippen LogP contribution in [0.4, 0.5) is 10.1 Å². The predicted octanol–water partition coefficient (Wildman–Crippen LogP) is 5.34. The lowest BCUT2D eigenvalue weighted by atomic mass is 10.2. The van der Waals surface area contributed by atoms with Crippen LogP contribution in [0.3, 0.4) is 0 Å². The van der Waals surface area contributed by atoms with E-state index in [1.807, 2.05) is 35.0 Å². The monoisotopic (exact) mass is 399 g/mol. The van der Waals surface area contributed by atoms with E-state index in [2.05, 4.69) is 10.3 Å². The highest BCUT2D eigenvalue weighted by Gasteiger charge is 2.13. The maximum absolute atomic E-state index is 13.1. The fourth-order valence-corrected chi connectivity index (χ4v) is 3.81.